The molecule has 0 aromatic heterocycles. The third kappa shape index (κ3) is 6.59. The summed E-state index contributed by atoms with van der Waals surface area (Å²) in [5.41, 5.74) is 0.898. The van der Waals surface area contributed by atoms with Gasteiger partial charge in [-0.15, -0.1) is 0 Å². The number of ether oxygens (including phenoxy) is 1. The lowest BCUT2D eigenvalue weighted by atomic mass is 10.2. The summed E-state index contributed by atoms with van der Waals surface area (Å²) in [5.74, 6) is 1.04. The van der Waals surface area contributed by atoms with Crippen LogP contribution in [0.4, 0.5) is 4.79 Å². The quantitative estimate of drug-likeness (QED) is 0.807. The van der Waals surface area contributed by atoms with Gasteiger partial charge in [-0.25, -0.2) is 4.79 Å². The highest BCUT2D eigenvalue weighted by Gasteiger charge is 2.17. The lowest BCUT2D eigenvalue weighted by Crippen LogP contribution is -2.47. The Labute approximate surface area is 138 Å². The third-order valence-corrected chi connectivity index (χ3v) is 3.14. The average Bonchev–Trinajstić information content (AvgIpc) is 2.50. The van der Waals surface area contributed by atoms with Crippen molar-refractivity contribution in [3.8, 4) is 5.75 Å². The molecule has 0 spiro atoms. The number of nitrogens with one attached hydrogen (secondary N) is 2. The van der Waals surface area contributed by atoms with Crippen molar-refractivity contribution < 1.29 is 14.3 Å². The van der Waals surface area contributed by atoms with Crippen LogP contribution in [-0.4, -0.2) is 43.6 Å². The first-order valence-corrected chi connectivity index (χ1v) is 7.77. The van der Waals surface area contributed by atoms with Gasteiger partial charge in [0, 0.05) is 26.2 Å². The van der Waals surface area contributed by atoms with E-state index in [-0.39, 0.29) is 11.9 Å². The molecule has 0 heterocycles. The fourth-order valence-corrected chi connectivity index (χ4v) is 1.92. The topological polar surface area (TPSA) is 70.7 Å². The van der Waals surface area contributed by atoms with Gasteiger partial charge in [-0.05, 0) is 18.9 Å². The van der Waals surface area contributed by atoms with Crippen molar-refractivity contribution in [2.24, 2.45) is 5.92 Å². The van der Waals surface area contributed by atoms with Crippen LogP contribution in [0.2, 0.25) is 0 Å². The molecule has 1 aromatic carbocycles. The summed E-state index contributed by atoms with van der Waals surface area (Å²) in [5, 5.41) is 5.37. The van der Waals surface area contributed by atoms with E-state index in [4.69, 9.17) is 4.74 Å². The zero-order valence-electron chi connectivity index (χ0n) is 14.6. The molecule has 0 saturated heterocycles. The second-order valence-electron chi connectivity index (χ2n) is 6.09. The van der Waals surface area contributed by atoms with Crippen molar-refractivity contribution in [2.75, 3.05) is 20.7 Å². The number of para-hydroxylation sites is 1. The van der Waals surface area contributed by atoms with Crippen molar-refractivity contribution in [3.63, 3.8) is 0 Å². The molecule has 0 aliphatic rings. The van der Waals surface area contributed by atoms with Crippen molar-refractivity contribution in [3.05, 3.63) is 29.8 Å². The van der Waals surface area contributed by atoms with Crippen LogP contribution < -0.4 is 15.4 Å². The summed E-state index contributed by atoms with van der Waals surface area (Å²) < 4.78 is 5.75. The standard InChI is InChI=1S/C17H27N3O3/c1-12(2)11-23-15-9-7-6-8-14(15)10-18-17(22)19-13(3)16(21)20(4)5/h6-9,12-13H,10-11H2,1-5H3,(H2,18,19,22)/t13-/m0/s1. The minimum atomic E-state index is -0.572. The van der Waals surface area contributed by atoms with Crippen LogP contribution in [-0.2, 0) is 11.3 Å². The number of benzene rings is 1. The zero-order valence-corrected chi connectivity index (χ0v) is 14.6. The lowest BCUT2D eigenvalue weighted by Gasteiger charge is -2.18. The smallest absolute Gasteiger partial charge is 0.315 e. The first-order chi connectivity index (χ1) is 10.8. The van der Waals surface area contributed by atoms with E-state index in [1.807, 2.05) is 24.3 Å². The molecule has 0 saturated carbocycles. The fourth-order valence-electron chi connectivity index (χ4n) is 1.92. The predicted octanol–water partition coefficient (Wildman–Crippen LogP) is 2.00. The molecular weight excluding hydrogens is 294 g/mol. The Morgan fingerprint density at radius 3 is 2.43 bits per heavy atom. The Hall–Kier alpha value is -2.24. The molecule has 3 amide bonds. The predicted molar refractivity (Wildman–Crippen MR) is 90.3 cm³/mol. The number of rotatable bonds is 7. The molecule has 6 heteroatoms. The first kappa shape index (κ1) is 18.8. The van der Waals surface area contributed by atoms with Crippen molar-refractivity contribution in [1.82, 2.24) is 15.5 Å². The Balaban J connectivity index is 2.54. The highest BCUT2D eigenvalue weighted by Crippen LogP contribution is 2.18. The Morgan fingerprint density at radius 2 is 1.83 bits per heavy atom. The second kappa shape index (κ2) is 9.02. The maximum Gasteiger partial charge on any atom is 0.315 e. The Kier molecular flexibility index (Phi) is 7.38. The van der Waals surface area contributed by atoms with Crippen LogP contribution in [0.1, 0.15) is 26.3 Å². The molecule has 0 aliphatic carbocycles. The summed E-state index contributed by atoms with van der Waals surface area (Å²) in [4.78, 5) is 25.1. The number of amides is 3. The number of likely N-dealkylation sites (N-methyl/N-ethyl adjacent to an activating group) is 1. The van der Waals surface area contributed by atoms with E-state index >= 15 is 0 Å². The number of nitrogens with zero attached hydrogens (tertiary/aromatic N) is 1. The van der Waals surface area contributed by atoms with Crippen LogP contribution in [0.3, 0.4) is 0 Å². The van der Waals surface area contributed by atoms with E-state index < -0.39 is 6.04 Å². The molecule has 2 N–H and O–H groups in total. The largest absolute Gasteiger partial charge is 0.493 e. The van der Waals surface area contributed by atoms with E-state index in [1.54, 1.807) is 21.0 Å². The van der Waals surface area contributed by atoms with E-state index in [0.717, 1.165) is 11.3 Å². The maximum absolute atomic E-state index is 11.9. The molecular formula is C17H27N3O3. The van der Waals surface area contributed by atoms with Crippen LogP contribution in [0.5, 0.6) is 5.75 Å². The van der Waals surface area contributed by atoms with Gasteiger partial charge in [0.2, 0.25) is 5.91 Å². The first-order valence-electron chi connectivity index (χ1n) is 7.77. The van der Waals surface area contributed by atoms with Crippen molar-refractivity contribution in [2.45, 2.75) is 33.4 Å². The molecule has 23 heavy (non-hydrogen) atoms. The van der Waals surface area contributed by atoms with Gasteiger partial charge in [-0.2, -0.15) is 0 Å². The molecule has 1 atom stereocenters. The molecule has 0 radical (unpaired) electrons. The molecule has 0 bridgehead atoms. The van der Waals surface area contributed by atoms with Gasteiger partial charge in [0.05, 0.1) is 6.61 Å². The molecule has 6 nitrogen and oxygen atoms in total. The molecule has 1 aromatic rings. The normalized spacial score (nSPS) is 11.7. The van der Waals surface area contributed by atoms with Crippen LogP contribution in [0.15, 0.2) is 24.3 Å². The van der Waals surface area contributed by atoms with Crippen molar-refractivity contribution in [1.29, 1.82) is 0 Å². The molecule has 0 unspecified atom stereocenters. The monoisotopic (exact) mass is 321 g/mol. The van der Waals surface area contributed by atoms with E-state index in [9.17, 15) is 9.59 Å². The second-order valence-corrected chi connectivity index (χ2v) is 6.09. The van der Waals surface area contributed by atoms with Gasteiger partial charge >= 0.3 is 6.03 Å². The minimum Gasteiger partial charge on any atom is -0.493 e. The molecule has 128 valence electrons. The highest BCUT2D eigenvalue weighted by atomic mass is 16.5. The van der Waals surface area contributed by atoms with E-state index in [2.05, 4.69) is 24.5 Å². The van der Waals surface area contributed by atoms with Gasteiger partial charge in [0.25, 0.3) is 0 Å². The summed E-state index contributed by atoms with van der Waals surface area (Å²) in [6.07, 6.45) is 0. The zero-order chi connectivity index (χ0) is 17.4. The highest BCUT2D eigenvalue weighted by molar-refractivity contribution is 5.86. The third-order valence-electron chi connectivity index (χ3n) is 3.14. The van der Waals surface area contributed by atoms with E-state index in [0.29, 0.717) is 19.1 Å². The Morgan fingerprint density at radius 1 is 1.17 bits per heavy atom. The molecule has 0 aliphatic heterocycles. The Bertz CT molecular complexity index is 530. The number of hydrogen-bond acceptors (Lipinski definition) is 3. The summed E-state index contributed by atoms with van der Waals surface area (Å²) in [6.45, 7) is 6.77. The van der Waals surface area contributed by atoms with Gasteiger partial charge in [0.15, 0.2) is 0 Å². The van der Waals surface area contributed by atoms with Gasteiger partial charge in [-0.3, -0.25) is 4.79 Å². The summed E-state index contributed by atoms with van der Waals surface area (Å²) in [6, 6.07) is 6.63. The van der Waals surface area contributed by atoms with Crippen LogP contribution in [0.25, 0.3) is 0 Å². The van der Waals surface area contributed by atoms with Crippen LogP contribution in [0, 0.1) is 5.92 Å². The fraction of sp³-hybridized carbons (Fsp3) is 0.529. The number of carbonyl (C=O) groups excluding carboxylic acids is 2. The van der Waals surface area contributed by atoms with Crippen molar-refractivity contribution >= 4 is 11.9 Å². The lowest BCUT2D eigenvalue weighted by molar-refractivity contribution is -0.130. The van der Waals surface area contributed by atoms with E-state index in [1.165, 1.54) is 4.90 Å². The summed E-state index contributed by atoms with van der Waals surface area (Å²) >= 11 is 0. The summed E-state index contributed by atoms with van der Waals surface area (Å²) in [7, 11) is 3.31. The maximum atomic E-state index is 11.9. The number of carbonyl (C=O) groups is 2. The van der Waals surface area contributed by atoms with Gasteiger partial charge in [0.1, 0.15) is 11.8 Å². The SMILES string of the molecule is CC(C)COc1ccccc1CNC(=O)N[C@@H](C)C(=O)N(C)C. The minimum absolute atomic E-state index is 0.152. The van der Waals surface area contributed by atoms with Crippen LogP contribution >= 0.6 is 0 Å². The number of hydrogen-bond donors (Lipinski definition) is 2. The van der Waals surface area contributed by atoms with Gasteiger partial charge in [-0.1, -0.05) is 32.0 Å². The number of urea groups is 1. The average molecular weight is 321 g/mol. The molecule has 1 rings (SSSR count). The molecule has 0 fully saturated rings. The van der Waals surface area contributed by atoms with Gasteiger partial charge < -0.3 is 20.3 Å².